The molecule has 0 aliphatic carbocycles. The van der Waals surface area contributed by atoms with Crippen LogP contribution in [0.2, 0.25) is 0 Å². The molecule has 0 amide bonds. The molecule has 2 heterocycles. The molecule has 1 saturated heterocycles. The van der Waals surface area contributed by atoms with Gasteiger partial charge in [-0.1, -0.05) is 42.5 Å². The van der Waals surface area contributed by atoms with Crippen LogP contribution in [0.3, 0.4) is 0 Å². The van der Waals surface area contributed by atoms with Crippen LogP contribution in [-0.4, -0.2) is 38.2 Å². The van der Waals surface area contributed by atoms with Crippen molar-refractivity contribution in [1.29, 1.82) is 0 Å². The molecule has 1 atom stereocenters. The Hall–Kier alpha value is -1.76. The Labute approximate surface area is 195 Å². The second-order valence-corrected chi connectivity index (χ2v) is 7.87. The highest BCUT2D eigenvalue weighted by molar-refractivity contribution is 7.10. The Bertz CT molecular complexity index is 872. The van der Waals surface area contributed by atoms with Crippen LogP contribution in [0.4, 0.5) is 0 Å². The van der Waals surface area contributed by atoms with E-state index in [9.17, 15) is 0 Å². The largest absolute Gasteiger partial charge is 0.493 e. The van der Waals surface area contributed by atoms with E-state index < -0.39 is 0 Å². The molecule has 30 heavy (non-hydrogen) atoms. The summed E-state index contributed by atoms with van der Waals surface area (Å²) in [5, 5.41) is 5.60. The van der Waals surface area contributed by atoms with E-state index in [1.807, 2.05) is 35.6 Å². The van der Waals surface area contributed by atoms with E-state index in [1.54, 1.807) is 7.11 Å². The van der Waals surface area contributed by atoms with Gasteiger partial charge in [-0.3, -0.25) is 4.90 Å². The Morgan fingerprint density at radius 1 is 0.967 bits per heavy atom. The number of rotatable bonds is 7. The van der Waals surface area contributed by atoms with Gasteiger partial charge in [0.15, 0.2) is 11.5 Å². The number of piperazine rings is 1. The van der Waals surface area contributed by atoms with Gasteiger partial charge in [0.25, 0.3) is 0 Å². The lowest BCUT2D eigenvalue weighted by molar-refractivity contribution is 0.200. The maximum absolute atomic E-state index is 6.04. The Balaban J connectivity index is 0.00000160. The highest BCUT2D eigenvalue weighted by atomic mass is 35.5. The summed E-state index contributed by atoms with van der Waals surface area (Å²) in [6.07, 6.45) is 0. The van der Waals surface area contributed by atoms with Crippen molar-refractivity contribution in [3.63, 3.8) is 0 Å². The molecule has 1 N–H and O–H groups in total. The number of benzene rings is 2. The van der Waals surface area contributed by atoms with Gasteiger partial charge in [-0.05, 0) is 34.7 Å². The molecule has 2 aromatic carbocycles. The van der Waals surface area contributed by atoms with Crippen LogP contribution in [0.15, 0.2) is 66.0 Å². The molecule has 0 unspecified atom stereocenters. The van der Waals surface area contributed by atoms with Gasteiger partial charge in [0, 0.05) is 31.1 Å². The first kappa shape index (κ1) is 24.5. The number of methoxy groups -OCH3 is 1. The normalized spacial score (nSPS) is 14.8. The molecule has 4 rings (SSSR count). The minimum atomic E-state index is 0. The monoisotopic (exact) mass is 466 g/mol. The van der Waals surface area contributed by atoms with Gasteiger partial charge in [-0.15, -0.1) is 36.2 Å². The van der Waals surface area contributed by atoms with Gasteiger partial charge in [0.1, 0.15) is 6.61 Å². The molecule has 1 fully saturated rings. The third-order valence-corrected chi connectivity index (χ3v) is 5.99. The zero-order valence-corrected chi connectivity index (χ0v) is 19.4. The summed E-state index contributed by atoms with van der Waals surface area (Å²) in [4.78, 5) is 3.91. The molecule has 7 heteroatoms. The summed E-state index contributed by atoms with van der Waals surface area (Å²) in [6, 6.07) is 21.2. The van der Waals surface area contributed by atoms with E-state index in [0.29, 0.717) is 6.61 Å². The average molecular weight is 467 g/mol. The summed E-state index contributed by atoms with van der Waals surface area (Å²) in [5.74, 6) is 1.56. The van der Waals surface area contributed by atoms with Crippen LogP contribution in [0, 0.1) is 0 Å². The molecule has 1 aliphatic heterocycles. The van der Waals surface area contributed by atoms with Crippen molar-refractivity contribution in [2.75, 3.05) is 33.3 Å². The lowest BCUT2D eigenvalue weighted by atomic mass is 10.0. The Morgan fingerprint density at radius 3 is 2.40 bits per heavy atom. The quantitative estimate of drug-likeness (QED) is 0.520. The number of ether oxygens (including phenoxy) is 2. The second kappa shape index (κ2) is 12.2. The van der Waals surface area contributed by atoms with Crippen molar-refractivity contribution in [3.8, 4) is 11.5 Å². The lowest BCUT2D eigenvalue weighted by Gasteiger charge is -2.35. The van der Waals surface area contributed by atoms with Crippen molar-refractivity contribution in [2.24, 2.45) is 0 Å². The van der Waals surface area contributed by atoms with Crippen LogP contribution < -0.4 is 14.8 Å². The van der Waals surface area contributed by atoms with Gasteiger partial charge >= 0.3 is 0 Å². The van der Waals surface area contributed by atoms with E-state index in [0.717, 1.165) is 43.2 Å². The smallest absolute Gasteiger partial charge is 0.161 e. The molecular formula is C23H28Cl2N2O2S. The molecule has 1 aliphatic rings. The van der Waals surface area contributed by atoms with Gasteiger partial charge in [0.05, 0.1) is 13.2 Å². The second-order valence-electron chi connectivity index (χ2n) is 6.89. The van der Waals surface area contributed by atoms with Crippen molar-refractivity contribution in [1.82, 2.24) is 10.2 Å². The van der Waals surface area contributed by atoms with Gasteiger partial charge in [-0.25, -0.2) is 0 Å². The predicted octanol–water partition coefficient (Wildman–Crippen LogP) is 5.17. The fourth-order valence-corrected chi connectivity index (χ4v) is 4.54. The highest BCUT2D eigenvalue weighted by Gasteiger charge is 2.25. The third-order valence-electron chi connectivity index (χ3n) is 5.07. The molecule has 3 aromatic rings. The fraction of sp³-hybridized carbons (Fsp3) is 0.304. The van der Waals surface area contributed by atoms with E-state index in [2.05, 4.69) is 52.0 Å². The van der Waals surface area contributed by atoms with Crippen LogP contribution in [-0.2, 0) is 6.61 Å². The first-order valence-electron chi connectivity index (χ1n) is 9.68. The number of nitrogens with zero attached hydrogens (tertiary/aromatic N) is 1. The lowest BCUT2D eigenvalue weighted by Crippen LogP contribution is -2.45. The Kier molecular flexibility index (Phi) is 9.95. The van der Waals surface area contributed by atoms with Crippen LogP contribution in [0.5, 0.6) is 11.5 Å². The summed E-state index contributed by atoms with van der Waals surface area (Å²) in [5.41, 5.74) is 2.39. The summed E-state index contributed by atoms with van der Waals surface area (Å²) >= 11 is 1.81. The topological polar surface area (TPSA) is 33.7 Å². The Morgan fingerprint density at radius 2 is 1.73 bits per heavy atom. The molecule has 162 valence electrons. The summed E-state index contributed by atoms with van der Waals surface area (Å²) in [6.45, 7) is 4.66. The number of nitrogens with one attached hydrogen (secondary N) is 1. The van der Waals surface area contributed by atoms with E-state index in [1.165, 1.54) is 10.4 Å². The van der Waals surface area contributed by atoms with E-state index >= 15 is 0 Å². The van der Waals surface area contributed by atoms with Crippen molar-refractivity contribution >= 4 is 36.2 Å². The SMILES string of the molecule is COc1cc([C@H](c2cccs2)N2CCNCC2)ccc1OCc1ccccc1.Cl.Cl. The zero-order chi connectivity index (χ0) is 19.2. The molecule has 0 saturated carbocycles. The molecular weight excluding hydrogens is 439 g/mol. The number of hydrogen-bond donors (Lipinski definition) is 1. The number of hydrogen-bond acceptors (Lipinski definition) is 5. The summed E-state index contributed by atoms with van der Waals surface area (Å²) in [7, 11) is 1.71. The first-order valence-corrected chi connectivity index (χ1v) is 10.6. The number of thiophene rings is 1. The van der Waals surface area contributed by atoms with Gasteiger partial charge in [0.2, 0.25) is 0 Å². The molecule has 0 spiro atoms. The molecule has 0 bridgehead atoms. The van der Waals surface area contributed by atoms with E-state index in [4.69, 9.17) is 9.47 Å². The first-order chi connectivity index (χ1) is 13.8. The molecule has 0 radical (unpaired) electrons. The summed E-state index contributed by atoms with van der Waals surface area (Å²) < 4.78 is 11.7. The third kappa shape index (κ3) is 5.90. The minimum absolute atomic E-state index is 0. The van der Waals surface area contributed by atoms with E-state index in [-0.39, 0.29) is 30.9 Å². The molecule has 4 nitrogen and oxygen atoms in total. The highest BCUT2D eigenvalue weighted by Crippen LogP contribution is 2.37. The van der Waals surface area contributed by atoms with Gasteiger partial charge in [-0.2, -0.15) is 0 Å². The number of halogens is 2. The van der Waals surface area contributed by atoms with Gasteiger partial charge < -0.3 is 14.8 Å². The minimum Gasteiger partial charge on any atom is -0.493 e. The molecule has 1 aromatic heterocycles. The van der Waals surface area contributed by atoms with Crippen LogP contribution in [0.25, 0.3) is 0 Å². The maximum atomic E-state index is 6.04. The van der Waals surface area contributed by atoms with Crippen molar-refractivity contribution < 1.29 is 9.47 Å². The van der Waals surface area contributed by atoms with Crippen LogP contribution >= 0.6 is 36.2 Å². The maximum Gasteiger partial charge on any atom is 0.161 e. The fourth-order valence-electron chi connectivity index (χ4n) is 3.65. The standard InChI is InChI=1S/C23H26N2O2S.2ClH/c1-26-21-16-19(9-10-20(21)27-17-18-6-3-2-4-7-18)23(22-8-5-15-28-22)25-13-11-24-12-14-25;;/h2-10,15-16,23-24H,11-14,17H2,1H3;2*1H/t23-;;/m1../s1. The van der Waals surface area contributed by atoms with Crippen molar-refractivity contribution in [2.45, 2.75) is 12.6 Å². The zero-order valence-electron chi connectivity index (χ0n) is 17.0. The van der Waals surface area contributed by atoms with Crippen LogP contribution in [0.1, 0.15) is 22.0 Å². The predicted molar refractivity (Wildman–Crippen MR) is 129 cm³/mol. The average Bonchev–Trinajstić information content (AvgIpc) is 3.28. The van der Waals surface area contributed by atoms with Crippen molar-refractivity contribution in [3.05, 3.63) is 82.0 Å².